The van der Waals surface area contributed by atoms with Gasteiger partial charge in [0.05, 0.1) is 5.75 Å². The third-order valence-electron chi connectivity index (χ3n) is 5.43. The fraction of sp³-hybridized carbons (Fsp3) is 0.348. The van der Waals surface area contributed by atoms with Crippen LogP contribution in [0.5, 0.6) is 0 Å². The predicted octanol–water partition coefficient (Wildman–Crippen LogP) is 4.97. The smallest absolute Gasteiger partial charge is 0.291 e. The summed E-state index contributed by atoms with van der Waals surface area (Å²) in [5.41, 5.74) is 2.54. The van der Waals surface area contributed by atoms with E-state index in [1.807, 2.05) is 24.3 Å². The standard InChI is InChI=1S/C23H26N2O4S/c1-30(27,28)15-20-19-9-5-6-10-21(19)29-22(20)23(26)25-18-13-11-17(12-14-18)24-16-7-3-2-4-8-16/h5-6,9-14,16,24H,2-4,7-8,15H2,1H3,(H,25,26). The van der Waals surface area contributed by atoms with Crippen LogP contribution in [0.3, 0.4) is 0 Å². The van der Waals surface area contributed by atoms with Crippen LogP contribution >= 0.6 is 0 Å². The highest BCUT2D eigenvalue weighted by Gasteiger charge is 2.23. The molecule has 0 spiro atoms. The number of carbonyl (C=O) groups excluding carboxylic acids is 1. The molecule has 2 aromatic carbocycles. The van der Waals surface area contributed by atoms with E-state index in [4.69, 9.17) is 4.42 Å². The van der Waals surface area contributed by atoms with Gasteiger partial charge in [-0.25, -0.2) is 8.42 Å². The fourth-order valence-electron chi connectivity index (χ4n) is 4.01. The number of benzene rings is 2. The lowest BCUT2D eigenvalue weighted by molar-refractivity contribution is 0.0998. The highest BCUT2D eigenvalue weighted by molar-refractivity contribution is 7.89. The zero-order valence-corrected chi connectivity index (χ0v) is 17.8. The van der Waals surface area contributed by atoms with Crippen LogP contribution in [0.25, 0.3) is 11.0 Å². The monoisotopic (exact) mass is 426 g/mol. The van der Waals surface area contributed by atoms with Crippen molar-refractivity contribution in [1.82, 2.24) is 0 Å². The van der Waals surface area contributed by atoms with E-state index in [-0.39, 0.29) is 11.5 Å². The molecule has 1 aromatic heterocycles. The molecule has 1 aliphatic carbocycles. The van der Waals surface area contributed by atoms with Crippen LogP contribution in [0, 0.1) is 0 Å². The van der Waals surface area contributed by atoms with Gasteiger partial charge < -0.3 is 15.1 Å². The normalized spacial score (nSPS) is 15.2. The molecule has 1 amide bonds. The zero-order valence-electron chi connectivity index (χ0n) is 17.0. The Balaban J connectivity index is 1.52. The minimum atomic E-state index is -3.34. The summed E-state index contributed by atoms with van der Waals surface area (Å²) >= 11 is 0. The van der Waals surface area contributed by atoms with Crippen LogP contribution < -0.4 is 10.6 Å². The Morgan fingerprint density at radius 2 is 1.67 bits per heavy atom. The molecule has 0 atom stereocenters. The molecule has 0 saturated heterocycles. The van der Waals surface area contributed by atoms with Gasteiger partial charge in [-0.15, -0.1) is 0 Å². The number of rotatable bonds is 6. The van der Waals surface area contributed by atoms with E-state index in [1.165, 1.54) is 32.1 Å². The molecule has 4 rings (SSSR count). The molecule has 1 aliphatic rings. The van der Waals surface area contributed by atoms with Gasteiger partial charge in [0.2, 0.25) is 0 Å². The number of furan rings is 1. The Bertz CT molecular complexity index is 1140. The first-order valence-corrected chi connectivity index (χ1v) is 12.3. The molecule has 30 heavy (non-hydrogen) atoms. The maximum Gasteiger partial charge on any atom is 0.291 e. The molecular formula is C23H26N2O4S. The van der Waals surface area contributed by atoms with Gasteiger partial charge >= 0.3 is 0 Å². The van der Waals surface area contributed by atoms with Crippen molar-refractivity contribution in [2.24, 2.45) is 0 Å². The summed E-state index contributed by atoms with van der Waals surface area (Å²) in [5.74, 6) is -0.680. The van der Waals surface area contributed by atoms with Crippen LogP contribution in [0.4, 0.5) is 11.4 Å². The Hall–Kier alpha value is -2.80. The van der Waals surface area contributed by atoms with Crippen molar-refractivity contribution in [2.45, 2.75) is 43.9 Å². The van der Waals surface area contributed by atoms with E-state index in [0.717, 1.165) is 11.9 Å². The van der Waals surface area contributed by atoms with Gasteiger partial charge in [0.15, 0.2) is 15.6 Å². The summed E-state index contributed by atoms with van der Waals surface area (Å²) in [5, 5.41) is 7.01. The van der Waals surface area contributed by atoms with E-state index in [9.17, 15) is 13.2 Å². The van der Waals surface area contributed by atoms with Crippen molar-refractivity contribution >= 4 is 38.1 Å². The van der Waals surface area contributed by atoms with Gasteiger partial charge in [-0.3, -0.25) is 4.79 Å². The third kappa shape index (κ3) is 4.84. The zero-order chi connectivity index (χ0) is 21.1. The molecule has 6 nitrogen and oxygen atoms in total. The van der Waals surface area contributed by atoms with Gasteiger partial charge in [0.25, 0.3) is 5.91 Å². The lowest BCUT2D eigenvalue weighted by atomic mass is 9.95. The Morgan fingerprint density at radius 1 is 1.00 bits per heavy atom. The Labute approximate surface area is 176 Å². The minimum Gasteiger partial charge on any atom is -0.451 e. The maximum atomic E-state index is 12.9. The topological polar surface area (TPSA) is 88.4 Å². The second-order valence-electron chi connectivity index (χ2n) is 7.99. The number of hydrogen-bond donors (Lipinski definition) is 2. The largest absolute Gasteiger partial charge is 0.451 e. The van der Waals surface area contributed by atoms with Crippen molar-refractivity contribution in [3.05, 3.63) is 59.9 Å². The number of hydrogen-bond acceptors (Lipinski definition) is 5. The first-order chi connectivity index (χ1) is 14.4. The lowest BCUT2D eigenvalue weighted by Gasteiger charge is -2.23. The van der Waals surface area contributed by atoms with Crippen molar-refractivity contribution in [3.8, 4) is 0 Å². The Kier molecular flexibility index (Phi) is 5.81. The highest BCUT2D eigenvalue weighted by atomic mass is 32.2. The number of fused-ring (bicyclic) bond motifs is 1. The van der Waals surface area contributed by atoms with Crippen LogP contribution in [0.15, 0.2) is 52.9 Å². The van der Waals surface area contributed by atoms with Crippen molar-refractivity contribution in [2.75, 3.05) is 16.9 Å². The van der Waals surface area contributed by atoms with Gasteiger partial charge in [-0.2, -0.15) is 0 Å². The second-order valence-corrected chi connectivity index (χ2v) is 10.1. The molecule has 1 saturated carbocycles. The third-order valence-corrected chi connectivity index (χ3v) is 6.24. The number of anilines is 2. The summed E-state index contributed by atoms with van der Waals surface area (Å²) in [6.07, 6.45) is 7.36. The van der Waals surface area contributed by atoms with E-state index >= 15 is 0 Å². The van der Waals surface area contributed by atoms with Crippen molar-refractivity contribution in [3.63, 3.8) is 0 Å². The predicted molar refractivity (Wildman–Crippen MR) is 120 cm³/mol. The number of para-hydroxylation sites is 1. The first kappa shape index (κ1) is 20.5. The van der Waals surface area contributed by atoms with Crippen molar-refractivity contribution < 1.29 is 17.6 Å². The maximum absolute atomic E-state index is 12.9. The van der Waals surface area contributed by atoms with E-state index < -0.39 is 15.7 Å². The quantitative estimate of drug-likeness (QED) is 0.581. The fourth-order valence-corrected chi connectivity index (χ4v) is 4.82. The second kappa shape index (κ2) is 8.52. The summed E-state index contributed by atoms with van der Waals surface area (Å²) in [4.78, 5) is 12.9. The van der Waals surface area contributed by atoms with Crippen LogP contribution in [0.2, 0.25) is 0 Å². The Morgan fingerprint density at radius 3 is 2.37 bits per heavy atom. The molecule has 3 aromatic rings. The molecular weight excluding hydrogens is 400 g/mol. The summed E-state index contributed by atoms with van der Waals surface area (Å²) in [7, 11) is -3.34. The van der Waals surface area contributed by atoms with E-state index in [2.05, 4.69) is 10.6 Å². The van der Waals surface area contributed by atoms with Crippen LogP contribution in [-0.2, 0) is 15.6 Å². The SMILES string of the molecule is CS(=O)(=O)Cc1c(C(=O)Nc2ccc(NC3CCCCC3)cc2)oc2ccccc12. The van der Waals surface area contributed by atoms with E-state index in [0.29, 0.717) is 28.3 Å². The molecule has 0 unspecified atom stereocenters. The molecule has 7 heteroatoms. The highest BCUT2D eigenvalue weighted by Crippen LogP contribution is 2.29. The lowest BCUT2D eigenvalue weighted by Crippen LogP contribution is -2.22. The molecule has 0 bridgehead atoms. The number of carbonyl (C=O) groups is 1. The molecule has 1 fully saturated rings. The summed E-state index contributed by atoms with van der Waals surface area (Å²) < 4.78 is 29.5. The first-order valence-electron chi connectivity index (χ1n) is 10.3. The molecule has 0 aliphatic heterocycles. The average molecular weight is 427 g/mol. The molecule has 0 radical (unpaired) electrons. The number of nitrogens with one attached hydrogen (secondary N) is 2. The number of sulfone groups is 1. The summed E-state index contributed by atoms with van der Waals surface area (Å²) in [6.45, 7) is 0. The van der Waals surface area contributed by atoms with Gasteiger partial charge in [0.1, 0.15) is 5.58 Å². The molecule has 2 N–H and O–H groups in total. The van der Waals surface area contributed by atoms with Gasteiger partial charge in [-0.05, 0) is 43.2 Å². The average Bonchev–Trinajstić information content (AvgIpc) is 3.07. The number of amides is 1. The van der Waals surface area contributed by atoms with Gasteiger partial charge in [-0.1, -0.05) is 37.5 Å². The summed E-state index contributed by atoms with van der Waals surface area (Å²) in [6, 6.07) is 15.1. The van der Waals surface area contributed by atoms with E-state index in [1.54, 1.807) is 24.3 Å². The molecule has 1 heterocycles. The minimum absolute atomic E-state index is 0.0334. The van der Waals surface area contributed by atoms with Crippen LogP contribution in [-0.4, -0.2) is 26.6 Å². The van der Waals surface area contributed by atoms with Crippen molar-refractivity contribution in [1.29, 1.82) is 0 Å². The van der Waals surface area contributed by atoms with Crippen LogP contribution in [0.1, 0.15) is 48.2 Å². The van der Waals surface area contributed by atoms with Gasteiger partial charge in [0, 0.05) is 34.6 Å². The molecule has 158 valence electrons.